The van der Waals surface area contributed by atoms with Crippen LogP contribution in [0.25, 0.3) is 0 Å². The number of hydrogen-bond acceptors (Lipinski definition) is 0. The van der Waals surface area contributed by atoms with Crippen LogP contribution in [-0.2, 0) is 0 Å². The highest BCUT2D eigenvalue weighted by molar-refractivity contribution is 5.49. The van der Waals surface area contributed by atoms with Crippen molar-refractivity contribution in [2.75, 3.05) is 0 Å². The molecule has 0 nitrogen and oxygen atoms in total. The Hall–Kier alpha value is -0.520. The van der Waals surface area contributed by atoms with E-state index in [1.807, 2.05) is 0 Å². The molecule has 0 aromatic rings. The molecule has 2 aliphatic rings. The van der Waals surface area contributed by atoms with Crippen molar-refractivity contribution in [3.63, 3.8) is 0 Å². The van der Waals surface area contributed by atoms with Crippen molar-refractivity contribution in [3.8, 4) is 0 Å². The van der Waals surface area contributed by atoms with Gasteiger partial charge in [0.2, 0.25) is 0 Å². The van der Waals surface area contributed by atoms with E-state index in [0.717, 1.165) is 0 Å². The quantitative estimate of drug-likeness (QED) is 0.476. The van der Waals surface area contributed by atoms with Gasteiger partial charge in [-0.3, -0.25) is 0 Å². The van der Waals surface area contributed by atoms with E-state index in [-0.39, 0.29) is 0 Å². The third kappa shape index (κ3) is 0.573. The second-order valence-electron chi connectivity index (χ2n) is 4.67. The minimum absolute atomic E-state index is 0.455. The summed E-state index contributed by atoms with van der Waals surface area (Å²) in [4.78, 5) is 0. The summed E-state index contributed by atoms with van der Waals surface area (Å²) < 4.78 is 0. The summed E-state index contributed by atoms with van der Waals surface area (Å²) in [6, 6.07) is 0. The molecule has 2 saturated carbocycles. The molecule has 0 aliphatic heterocycles. The lowest BCUT2D eigenvalue weighted by Crippen LogP contribution is -2.59. The van der Waals surface area contributed by atoms with Crippen LogP contribution in [0.2, 0.25) is 0 Å². The Morgan fingerprint density at radius 1 is 1.00 bits per heavy atom. The van der Waals surface area contributed by atoms with E-state index in [2.05, 4.69) is 39.8 Å². The molecular weight excluding hydrogens is 144 g/mol. The second-order valence-corrected chi connectivity index (χ2v) is 4.67. The number of allylic oxidation sites excluding steroid dienone is 4. The zero-order valence-corrected chi connectivity index (χ0v) is 8.57. The summed E-state index contributed by atoms with van der Waals surface area (Å²) in [6.07, 6.45) is 7.28. The molecule has 12 heavy (non-hydrogen) atoms. The van der Waals surface area contributed by atoms with Crippen LogP contribution in [0.4, 0.5) is 0 Å². The SMILES string of the molecule is C/C=C1\CC2(C)C/C(=C\C)C12C. The van der Waals surface area contributed by atoms with Crippen LogP contribution >= 0.6 is 0 Å². The molecule has 0 saturated heterocycles. The zero-order valence-electron chi connectivity index (χ0n) is 8.57. The number of hydrogen-bond donors (Lipinski definition) is 0. The van der Waals surface area contributed by atoms with Crippen LogP contribution in [0.3, 0.4) is 0 Å². The van der Waals surface area contributed by atoms with Crippen molar-refractivity contribution >= 4 is 0 Å². The fraction of sp³-hybridized carbons (Fsp3) is 0.667. The average Bonchev–Trinajstić information content (AvgIpc) is 2.09. The van der Waals surface area contributed by atoms with Gasteiger partial charge in [0.25, 0.3) is 0 Å². The Bertz CT molecular complexity index is 256. The summed E-state index contributed by atoms with van der Waals surface area (Å²) in [6.45, 7) is 9.18. The molecule has 0 unspecified atom stereocenters. The van der Waals surface area contributed by atoms with Gasteiger partial charge in [0.05, 0.1) is 0 Å². The normalized spacial score (nSPS) is 51.7. The Kier molecular flexibility index (Phi) is 1.38. The van der Waals surface area contributed by atoms with Gasteiger partial charge < -0.3 is 0 Å². The van der Waals surface area contributed by atoms with Crippen molar-refractivity contribution in [2.45, 2.75) is 40.5 Å². The van der Waals surface area contributed by atoms with Gasteiger partial charge in [-0.05, 0) is 32.1 Å². The smallest absolute Gasteiger partial charge is 0.0152 e. The maximum absolute atomic E-state index is 2.42. The topological polar surface area (TPSA) is 0 Å². The minimum atomic E-state index is 0.455. The maximum Gasteiger partial charge on any atom is 0.0152 e. The molecule has 0 aromatic carbocycles. The van der Waals surface area contributed by atoms with E-state index in [1.165, 1.54) is 12.8 Å². The minimum Gasteiger partial charge on any atom is -0.0875 e. The Balaban J connectivity index is 2.38. The fourth-order valence-corrected chi connectivity index (χ4v) is 3.16. The van der Waals surface area contributed by atoms with E-state index < -0.39 is 0 Å². The van der Waals surface area contributed by atoms with Gasteiger partial charge in [0.1, 0.15) is 0 Å². The van der Waals surface area contributed by atoms with Crippen LogP contribution in [0.5, 0.6) is 0 Å². The van der Waals surface area contributed by atoms with Crippen molar-refractivity contribution in [3.05, 3.63) is 23.3 Å². The maximum atomic E-state index is 2.42. The van der Waals surface area contributed by atoms with Crippen LogP contribution in [0, 0.1) is 10.8 Å². The number of fused-ring (bicyclic) bond motifs is 1. The first-order chi connectivity index (χ1) is 5.58. The molecule has 0 amide bonds. The summed E-state index contributed by atoms with van der Waals surface area (Å²) in [5.74, 6) is 0. The van der Waals surface area contributed by atoms with Crippen molar-refractivity contribution in [1.82, 2.24) is 0 Å². The predicted molar refractivity (Wildman–Crippen MR) is 53.0 cm³/mol. The summed E-state index contributed by atoms with van der Waals surface area (Å²) in [5.41, 5.74) is 4.38. The van der Waals surface area contributed by atoms with Crippen LogP contribution < -0.4 is 0 Å². The van der Waals surface area contributed by atoms with Gasteiger partial charge in [0.15, 0.2) is 0 Å². The number of rotatable bonds is 0. The molecule has 0 N–H and O–H groups in total. The molecule has 66 valence electrons. The van der Waals surface area contributed by atoms with E-state index in [9.17, 15) is 0 Å². The molecule has 0 bridgehead atoms. The third-order valence-electron chi connectivity index (χ3n) is 4.35. The lowest BCUT2D eigenvalue weighted by molar-refractivity contribution is -0.0181. The first-order valence-electron chi connectivity index (χ1n) is 4.90. The van der Waals surface area contributed by atoms with Gasteiger partial charge >= 0.3 is 0 Å². The molecule has 0 heterocycles. The average molecular weight is 162 g/mol. The molecule has 0 aromatic heterocycles. The largest absolute Gasteiger partial charge is 0.0875 e. The second kappa shape index (κ2) is 2.04. The Morgan fingerprint density at radius 2 is 1.42 bits per heavy atom. The lowest BCUT2D eigenvalue weighted by atomic mass is 9.35. The van der Waals surface area contributed by atoms with Gasteiger partial charge in [-0.15, -0.1) is 0 Å². The van der Waals surface area contributed by atoms with Crippen molar-refractivity contribution in [1.29, 1.82) is 0 Å². The summed E-state index contributed by atoms with van der Waals surface area (Å²) >= 11 is 0. The molecule has 2 fully saturated rings. The summed E-state index contributed by atoms with van der Waals surface area (Å²) in [5, 5.41) is 0. The Labute approximate surface area is 75.4 Å². The van der Waals surface area contributed by atoms with Gasteiger partial charge in [-0.2, -0.15) is 0 Å². The zero-order chi connectivity index (χ0) is 8.98. The van der Waals surface area contributed by atoms with Crippen LogP contribution in [0.1, 0.15) is 40.5 Å². The summed E-state index contributed by atoms with van der Waals surface area (Å²) in [7, 11) is 0. The molecular formula is C12H18. The van der Waals surface area contributed by atoms with Gasteiger partial charge in [0, 0.05) is 5.41 Å². The molecule has 2 aliphatic carbocycles. The molecule has 0 spiro atoms. The highest BCUT2D eigenvalue weighted by Gasteiger charge is 2.65. The van der Waals surface area contributed by atoms with Crippen molar-refractivity contribution < 1.29 is 0 Å². The van der Waals surface area contributed by atoms with E-state index in [1.54, 1.807) is 11.1 Å². The molecule has 0 heteroatoms. The van der Waals surface area contributed by atoms with Crippen LogP contribution in [0.15, 0.2) is 23.3 Å². The Morgan fingerprint density at radius 3 is 1.67 bits per heavy atom. The molecule has 0 radical (unpaired) electrons. The lowest BCUT2D eigenvalue weighted by Gasteiger charge is -2.69. The van der Waals surface area contributed by atoms with E-state index in [4.69, 9.17) is 0 Å². The highest BCUT2D eigenvalue weighted by Crippen LogP contribution is 2.75. The highest BCUT2D eigenvalue weighted by atomic mass is 14.7. The third-order valence-corrected chi connectivity index (χ3v) is 4.35. The van der Waals surface area contributed by atoms with Crippen molar-refractivity contribution in [2.24, 2.45) is 10.8 Å². The first-order valence-corrected chi connectivity index (χ1v) is 4.90. The first kappa shape index (κ1) is 8.10. The molecule has 0 atom stereocenters. The molecule has 2 rings (SSSR count). The van der Waals surface area contributed by atoms with Gasteiger partial charge in [-0.1, -0.05) is 37.1 Å². The monoisotopic (exact) mass is 162 g/mol. The fourth-order valence-electron chi connectivity index (χ4n) is 3.16. The predicted octanol–water partition coefficient (Wildman–Crippen LogP) is 3.70. The van der Waals surface area contributed by atoms with Gasteiger partial charge in [-0.25, -0.2) is 0 Å². The van der Waals surface area contributed by atoms with E-state index >= 15 is 0 Å². The standard InChI is InChI=1S/C12H18/c1-5-9-7-11(3)8-10(6-2)12(9,11)4/h5-6H,7-8H2,1-4H3/b9-5+,10-6+. The van der Waals surface area contributed by atoms with Crippen LogP contribution in [-0.4, -0.2) is 0 Å². The van der Waals surface area contributed by atoms with E-state index in [0.29, 0.717) is 10.8 Å².